The molecule has 0 saturated heterocycles. The van der Waals surface area contributed by atoms with Gasteiger partial charge in [0.2, 0.25) is 5.91 Å². The normalized spacial score (nSPS) is 19.2. The molecule has 3 aromatic rings. The van der Waals surface area contributed by atoms with Crippen LogP contribution in [0.3, 0.4) is 0 Å². The Balaban J connectivity index is 1.61. The first-order valence-electron chi connectivity index (χ1n) is 11.4. The summed E-state index contributed by atoms with van der Waals surface area (Å²) < 4.78 is 0. The third kappa shape index (κ3) is 5.23. The minimum Gasteiger partial charge on any atom is -0.494 e. The Morgan fingerprint density at radius 1 is 1.09 bits per heavy atom. The van der Waals surface area contributed by atoms with Crippen LogP contribution >= 0.6 is 11.6 Å². The Hall–Kier alpha value is -2.83. The lowest BCUT2D eigenvalue weighted by Crippen LogP contribution is -2.43. The van der Waals surface area contributed by atoms with Crippen LogP contribution in [-0.4, -0.2) is 71.3 Å². The third-order valence-corrected chi connectivity index (χ3v) is 6.63. The van der Waals surface area contributed by atoms with Crippen molar-refractivity contribution in [2.45, 2.75) is 37.8 Å². The summed E-state index contributed by atoms with van der Waals surface area (Å²) in [6.07, 6.45) is 3.63. The van der Waals surface area contributed by atoms with Gasteiger partial charge < -0.3 is 19.9 Å². The second-order valence-corrected chi connectivity index (χ2v) is 9.52. The summed E-state index contributed by atoms with van der Waals surface area (Å²) in [4.78, 5) is 24.5. The number of benzene rings is 2. The zero-order valence-electron chi connectivity index (χ0n) is 19.4. The van der Waals surface area contributed by atoms with E-state index in [2.05, 4.69) is 4.98 Å². The second kappa shape index (κ2) is 9.98. The van der Waals surface area contributed by atoms with E-state index in [4.69, 9.17) is 16.6 Å². The second-order valence-electron chi connectivity index (χ2n) is 9.09. The molecular weight excluding hydrogens is 436 g/mol. The van der Waals surface area contributed by atoms with E-state index in [1.54, 1.807) is 0 Å². The lowest BCUT2D eigenvalue weighted by Gasteiger charge is -2.34. The van der Waals surface area contributed by atoms with Crippen LogP contribution in [-0.2, 0) is 4.79 Å². The fraction of sp³-hybridized carbons (Fsp3) is 0.385. The van der Waals surface area contributed by atoms with Crippen molar-refractivity contribution in [3.05, 3.63) is 64.7 Å². The van der Waals surface area contributed by atoms with Gasteiger partial charge in [-0.2, -0.15) is 0 Å². The Bertz CT molecular complexity index is 1150. The quantitative estimate of drug-likeness (QED) is 0.517. The summed E-state index contributed by atoms with van der Waals surface area (Å²) >= 11 is 6.16. The van der Waals surface area contributed by atoms with E-state index in [9.17, 15) is 9.90 Å². The summed E-state index contributed by atoms with van der Waals surface area (Å²) in [5.74, 6) is 0.247. The molecule has 0 atom stereocenters. The van der Waals surface area contributed by atoms with E-state index >= 15 is 0 Å². The molecule has 0 bridgehead atoms. The predicted molar refractivity (Wildman–Crippen MR) is 134 cm³/mol. The number of carbonyl (C=O) groups is 1. The number of nitrogens with zero attached hydrogens (tertiary/aromatic N) is 3. The molecule has 6 nitrogen and oxygen atoms in total. The number of rotatable bonds is 6. The van der Waals surface area contributed by atoms with E-state index in [0.717, 1.165) is 47.9 Å². The van der Waals surface area contributed by atoms with Gasteiger partial charge in [0.15, 0.2) is 5.88 Å². The van der Waals surface area contributed by atoms with E-state index in [-0.39, 0.29) is 23.9 Å². The van der Waals surface area contributed by atoms with Gasteiger partial charge in [0.05, 0.1) is 29.4 Å². The maximum Gasteiger partial charge on any atom is 0.236 e. The van der Waals surface area contributed by atoms with Gasteiger partial charge in [-0.25, -0.2) is 0 Å². The van der Waals surface area contributed by atoms with Crippen LogP contribution in [0.5, 0.6) is 5.88 Å². The highest BCUT2D eigenvalue weighted by atomic mass is 35.5. The molecule has 1 aromatic heterocycles. The first-order valence-corrected chi connectivity index (χ1v) is 11.8. The molecule has 1 aliphatic rings. The molecule has 2 aromatic carbocycles. The molecular formula is C26H31ClN4O2. The van der Waals surface area contributed by atoms with E-state index < -0.39 is 0 Å². The van der Waals surface area contributed by atoms with Gasteiger partial charge in [-0.05, 0) is 51.9 Å². The minimum atomic E-state index is 0.0950. The highest BCUT2D eigenvalue weighted by Crippen LogP contribution is 2.33. The molecule has 0 radical (unpaired) electrons. The Labute approximate surface area is 199 Å². The SMILES string of the molecule is CN(C)CC(=O)N(C)C1CCC(N=C(c2ccccc2)c2c(O)[nH]c3cc(Cl)ccc23)CC1. The molecule has 1 fully saturated rings. The van der Waals surface area contributed by atoms with Gasteiger partial charge in [-0.15, -0.1) is 0 Å². The molecule has 2 N–H and O–H groups in total. The topological polar surface area (TPSA) is 71.9 Å². The molecule has 1 amide bonds. The van der Waals surface area contributed by atoms with Crippen LogP contribution in [0.4, 0.5) is 0 Å². The number of likely N-dealkylation sites (N-methyl/N-ethyl adjacent to an activating group) is 2. The first kappa shape index (κ1) is 23.3. The van der Waals surface area contributed by atoms with Crippen LogP contribution in [0.15, 0.2) is 53.5 Å². The predicted octanol–water partition coefficient (Wildman–Crippen LogP) is 4.70. The average Bonchev–Trinajstić information content (AvgIpc) is 3.12. The Morgan fingerprint density at radius 3 is 2.45 bits per heavy atom. The maximum absolute atomic E-state index is 12.5. The lowest BCUT2D eigenvalue weighted by molar-refractivity contribution is -0.133. The van der Waals surface area contributed by atoms with Gasteiger partial charge in [-0.1, -0.05) is 48.0 Å². The summed E-state index contributed by atoms with van der Waals surface area (Å²) in [6, 6.07) is 15.9. The highest BCUT2D eigenvalue weighted by Gasteiger charge is 2.28. The summed E-state index contributed by atoms with van der Waals surface area (Å²) in [7, 11) is 5.73. The molecule has 1 heterocycles. The van der Waals surface area contributed by atoms with Crippen molar-refractivity contribution < 1.29 is 9.90 Å². The van der Waals surface area contributed by atoms with Crippen LogP contribution in [0.25, 0.3) is 10.9 Å². The third-order valence-electron chi connectivity index (χ3n) is 6.40. The van der Waals surface area contributed by atoms with Gasteiger partial charge in [0.25, 0.3) is 0 Å². The standard InChI is InChI=1S/C26H31ClN4O2/c1-30(2)16-23(32)31(3)20-12-10-19(11-13-20)28-25(17-7-5-4-6-8-17)24-21-14-9-18(27)15-22(21)29-26(24)33/h4-9,14-15,19-20,29,33H,10-13,16H2,1-3H3. The monoisotopic (exact) mass is 466 g/mol. The number of fused-ring (bicyclic) bond motifs is 1. The molecule has 174 valence electrons. The molecule has 0 spiro atoms. The van der Waals surface area contributed by atoms with Crippen molar-refractivity contribution in [2.24, 2.45) is 4.99 Å². The number of aromatic nitrogens is 1. The maximum atomic E-state index is 12.5. The number of hydrogen-bond acceptors (Lipinski definition) is 4. The number of aliphatic imine (C=N–C) groups is 1. The molecule has 1 aliphatic carbocycles. The molecule has 1 saturated carbocycles. The van der Waals surface area contributed by atoms with Crippen LogP contribution in [0.1, 0.15) is 36.8 Å². The van der Waals surface area contributed by atoms with Crippen LogP contribution in [0.2, 0.25) is 5.02 Å². The summed E-state index contributed by atoms with van der Waals surface area (Å²) in [6.45, 7) is 0.427. The van der Waals surface area contributed by atoms with E-state index in [1.807, 2.05) is 79.5 Å². The van der Waals surface area contributed by atoms with E-state index in [1.165, 1.54) is 0 Å². The number of nitrogens with one attached hydrogen (secondary N) is 1. The van der Waals surface area contributed by atoms with Crippen LogP contribution < -0.4 is 0 Å². The number of hydrogen-bond donors (Lipinski definition) is 2. The average molecular weight is 467 g/mol. The van der Waals surface area contributed by atoms with Crippen molar-refractivity contribution >= 4 is 34.1 Å². The van der Waals surface area contributed by atoms with Gasteiger partial charge in [-0.3, -0.25) is 9.79 Å². The van der Waals surface area contributed by atoms with Crippen molar-refractivity contribution in [3.63, 3.8) is 0 Å². The summed E-state index contributed by atoms with van der Waals surface area (Å²) in [5.41, 5.74) is 3.22. The zero-order chi connectivity index (χ0) is 23.5. The van der Waals surface area contributed by atoms with Crippen molar-refractivity contribution in [1.29, 1.82) is 0 Å². The van der Waals surface area contributed by atoms with Gasteiger partial charge >= 0.3 is 0 Å². The first-order chi connectivity index (χ1) is 15.8. The molecule has 7 heteroatoms. The van der Waals surface area contributed by atoms with Crippen molar-refractivity contribution in [2.75, 3.05) is 27.7 Å². The Morgan fingerprint density at radius 2 is 1.79 bits per heavy atom. The van der Waals surface area contributed by atoms with Gasteiger partial charge in [0.1, 0.15) is 0 Å². The fourth-order valence-electron chi connectivity index (χ4n) is 4.62. The summed E-state index contributed by atoms with van der Waals surface area (Å²) in [5, 5.41) is 12.3. The molecule has 33 heavy (non-hydrogen) atoms. The Kier molecular flexibility index (Phi) is 7.05. The molecule has 4 rings (SSSR count). The van der Waals surface area contributed by atoms with E-state index in [0.29, 0.717) is 17.1 Å². The number of carbonyl (C=O) groups excluding carboxylic acids is 1. The smallest absolute Gasteiger partial charge is 0.236 e. The number of aromatic amines is 1. The van der Waals surface area contributed by atoms with Crippen LogP contribution in [0, 0.1) is 0 Å². The van der Waals surface area contributed by atoms with Crippen molar-refractivity contribution in [1.82, 2.24) is 14.8 Å². The minimum absolute atomic E-state index is 0.0950. The fourth-order valence-corrected chi connectivity index (χ4v) is 4.79. The number of amides is 1. The number of aromatic hydroxyl groups is 1. The lowest BCUT2D eigenvalue weighted by atomic mass is 9.90. The van der Waals surface area contributed by atoms with Gasteiger partial charge in [0, 0.05) is 29.1 Å². The molecule has 0 unspecified atom stereocenters. The highest BCUT2D eigenvalue weighted by molar-refractivity contribution is 6.31. The van der Waals surface area contributed by atoms with Crippen molar-refractivity contribution in [3.8, 4) is 5.88 Å². The largest absolute Gasteiger partial charge is 0.494 e. The molecule has 0 aliphatic heterocycles. The zero-order valence-corrected chi connectivity index (χ0v) is 20.1. The number of halogens is 1. The number of H-pyrrole nitrogens is 1.